The first kappa shape index (κ1) is 18.3. The van der Waals surface area contributed by atoms with E-state index in [1.807, 2.05) is 32.8 Å². The third-order valence-electron chi connectivity index (χ3n) is 2.51. The molecule has 0 rings (SSSR count). The van der Waals surface area contributed by atoms with Crippen LogP contribution in [0, 0.1) is 5.92 Å². The number of nitrogens with one attached hydrogen (secondary N) is 1. The van der Waals surface area contributed by atoms with Crippen molar-refractivity contribution in [3.8, 4) is 0 Å². The number of amides is 1. The van der Waals surface area contributed by atoms with E-state index in [1.54, 1.807) is 0 Å². The average Bonchev–Trinajstić information content (AvgIpc) is 2.21. The summed E-state index contributed by atoms with van der Waals surface area (Å²) in [7, 11) is 0.617. The van der Waals surface area contributed by atoms with E-state index in [9.17, 15) is 13.2 Å². The predicted molar refractivity (Wildman–Crippen MR) is 77.4 cm³/mol. The Morgan fingerprint density at radius 2 is 1.79 bits per heavy atom. The van der Waals surface area contributed by atoms with Crippen molar-refractivity contribution < 1.29 is 13.2 Å². The first-order chi connectivity index (χ1) is 8.62. The van der Waals surface area contributed by atoms with E-state index in [4.69, 9.17) is 0 Å². The van der Waals surface area contributed by atoms with Crippen molar-refractivity contribution in [2.24, 2.45) is 5.92 Å². The summed E-state index contributed by atoms with van der Waals surface area (Å²) in [6.07, 6.45) is 1.38. The van der Waals surface area contributed by atoms with Crippen molar-refractivity contribution in [1.29, 1.82) is 0 Å². The third-order valence-corrected chi connectivity index (χ3v) is 3.78. The summed E-state index contributed by atoms with van der Waals surface area (Å²) in [6.45, 7) is 5.95. The van der Waals surface area contributed by atoms with Crippen molar-refractivity contribution in [3.05, 3.63) is 0 Å². The number of sulfonamides is 1. The first-order valence-corrected chi connectivity index (χ1v) is 8.34. The van der Waals surface area contributed by atoms with E-state index in [1.165, 1.54) is 10.6 Å². The van der Waals surface area contributed by atoms with E-state index in [2.05, 4.69) is 5.32 Å². The maximum atomic E-state index is 11.6. The van der Waals surface area contributed by atoms with Gasteiger partial charge in [-0.25, -0.2) is 12.7 Å². The smallest absolute Gasteiger partial charge is 0.221 e. The largest absolute Gasteiger partial charge is 0.355 e. The van der Waals surface area contributed by atoms with E-state index in [0.717, 1.165) is 6.54 Å². The maximum Gasteiger partial charge on any atom is 0.221 e. The van der Waals surface area contributed by atoms with Gasteiger partial charge in [-0.15, -0.1) is 0 Å². The van der Waals surface area contributed by atoms with Crippen LogP contribution < -0.4 is 5.32 Å². The quantitative estimate of drug-likeness (QED) is 0.648. The molecule has 0 aliphatic carbocycles. The molecule has 0 bridgehead atoms. The molecule has 0 aromatic carbocycles. The highest BCUT2D eigenvalue weighted by atomic mass is 32.2. The summed E-state index contributed by atoms with van der Waals surface area (Å²) < 4.78 is 24.5. The highest BCUT2D eigenvalue weighted by Crippen LogP contribution is 2.05. The molecule has 0 saturated heterocycles. The van der Waals surface area contributed by atoms with E-state index < -0.39 is 10.0 Å². The van der Waals surface area contributed by atoms with Gasteiger partial charge in [0.15, 0.2) is 0 Å². The lowest BCUT2D eigenvalue weighted by Crippen LogP contribution is -2.38. The van der Waals surface area contributed by atoms with Crippen molar-refractivity contribution in [2.75, 3.05) is 46.5 Å². The molecule has 7 heteroatoms. The molecule has 0 fully saturated rings. The second-order valence-corrected chi connectivity index (χ2v) is 7.40. The van der Waals surface area contributed by atoms with Gasteiger partial charge < -0.3 is 10.2 Å². The van der Waals surface area contributed by atoms with Gasteiger partial charge >= 0.3 is 0 Å². The zero-order chi connectivity index (χ0) is 15.1. The number of nitrogens with zero attached hydrogens (tertiary/aromatic N) is 2. The van der Waals surface area contributed by atoms with Crippen LogP contribution in [-0.4, -0.2) is 70.1 Å². The van der Waals surface area contributed by atoms with Crippen LogP contribution in [0.5, 0.6) is 0 Å². The van der Waals surface area contributed by atoms with Gasteiger partial charge in [0.05, 0.1) is 6.26 Å². The second-order valence-electron chi connectivity index (χ2n) is 5.42. The Morgan fingerprint density at radius 3 is 2.21 bits per heavy atom. The SMILES string of the molecule is CC(C)CN(CCC(=O)NCCN(C)C)S(C)(=O)=O. The minimum atomic E-state index is -3.24. The number of likely N-dealkylation sites (N-methyl/N-ethyl adjacent to an activating group) is 1. The standard InChI is InChI=1S/C12H27N3O3S/c1-11(2)10-15(19(5,17)18)8-6-12(16)13-7-9-14(3)4/h11H,6-10H2,1-5H3,(H,13,16). The summed E-state index contributed by atoms with van der Waals surface area (Å²) in [5, 5.41) is 2.77. The summed E-state index contributed by atoms with van der Waals surface area (Å²) in [5.74, 6) is 0.130. The summed E-state index contributed by atoms with van der Waals surface area (Å²) in [4.78, 5) is 13.6. The molecule has 0 aliphatic rings. The van der Waals surface area contributed by atoms with Crippen molar-refractivity contribution in [1.82, 2.24) is 14.5 Å². The lowest BCUT2D eigenvalue weighted by atomic mass is 10.2. The number of hydrogen-bond donors (Lipinski definition) is 1. The highest BCUT2D eigenvalue weighted by Gasteiger charge is 2.18. The molecule has 0 aliphatic heterocycles. The van der Waals surface area contributed by atoms with Crippen LogP contribution in [0.2, 0.25) is 0 Å². The van der Waals surface area contributed by atoms with Crippen LogP contribution in [0.15, 0.2) is 0 Å². The normalized spacial score (nSPS) is 12.4. The molecule has 114 valence electrons. The minimum Gasteiger partial charge on any atom is -0.355 e. The average molecular weight is 293 g/mol. The second kappa shape index (κ2) is 8.50. The number of carbonyl (C=O) groups is 1. The van der Waals surface area contributed by atoms with Gasteiger partial charge in [0.2, 0.25) is 15.9 Å². The van der Waals surface area contributed by atoms with Gasteiger partial charge in [0, 0.05) is 32.6 Å². The van der Waals surface area contributed by atoms with Crippen LogP contribution in [0.1, 0.15) is 20.3 Å². The predicted octanol–water partition coefficient (Wildman–Crippen LogP) is -0.0281. The van der Waals surface area contributed by atoms with Crippen molar-refractivity contribution in [3.63, 3.8) is 0 Å². The topological polar surface area (TPSA) is 69.7 Å². The summed E-state index contributed by atoms with van der Waals surface area (Å²) >= 11 is 0. The van der Waals surface area contributed by atoms with Gasteiger partial charge in [0.1, 0.15) is 0 Å². The van der Waals surface area contributed by atoms with Crippen molar-refractivity contribution >= 4 is 15.9 Å². The molecule has 6 nitrogen and oxygen atoms in total. The summed E-state index contributed by atoms with van der Waals surface area (Å²) in [6, 6.07) is 0. The Hall–Kier alpha value is -0.660. The molecular weight excluding hydrogens is 266 g/mol. The molecular formula is C12H27N3O3S. The van der Waals surface area contributed by atoms with Gasteiger partial charge in [-0.2, -0.15) is 0 Å². The van der Waals surface area contributed by atoms with Crippen LogP contribution in [-0.2, 0) is 14.8 Å². The van der Waals surface area contributed by atoms with Crippen LogP contribution in [0.3, 0.4) is 0 Å². The minimum absolute atomic E-state index is 0.112. The Morgan fingerprint density at radius 1 is 1.21 bits per heavy atom. The molecule has 0 radical (unpaired) electrons. The van der Waals surface area contributed by atoms with Gasteiger partial charge in [0.25, 0.3) is 0 Å². The fraction of sp³-hybridized carbons (Fsp3) is 0.917. The molecule has 0 aromatic heterocycles. The van der Waals surface area contributed by atoms with E-state index in [-0.39, 0.29) is 24.8 Å². The molecule has 0 saturated carbocycles. The molecule has 0 atom stereocenters. The Bertz CT molecular complexity index is 366. The Kier molecular flexibility index (Phi) is 8.20. The van der Waals surface area contributed by atoms with E-state index >= 15 is 0 Å². The first-order valence-electron chi connectivity index (χ1n) is 6.49. The fourth-order valence-corrected chi connectivity index (χ4v) is 2.53. The number of rotatable bonds is 9. The molecule has 1 amide bonds. The maximum absolute atomic E-state index is 11.6. The Balaban J connectivity index is 4.14. The Labute approximate surface area is 117 Å². The van der Waals surface area contributed by atoms with Crippen LogP contribution >= 0.6 is 0 Å². The molecule has 0 unspecified atom stereocenters. The zero-order valence-corrected chi connectivity index (χ0v) is 13.5. The van der Waals surface area contributed by atoms with Gasteiger partial charge in [-0.3, -0.25) is 4.79 Å². The van der Waals surface area contributed by atoms with Crippen LogP contribution in [0.4, 0.5) is 0 Å². The molecule has 0 aromatic rings. The van der Waals surface area contributed by atoms with E-state index in [0.29, 0.717) is 13.1 Å². The molecule has 19 heavy (non-hydrogen) atoms. The lowest BCUT2D eigenvalue weighted by Gasteiger charge is -2.21. The lowest BCUT2D eigenvalue weighted by molar-refractivity contribution is -0.121. The molecule has 0 spiro atoms. The number of hydrogen-bond acceptors (Lipinski definition) is 4. The van der Waals surface area contributed by atoms with Crippen molar-refractivity contribution in [2.45, 2.75) is 20.3 Å². The van der Waals surface area contributed by atoms with Gasteiger partial charge in [-0.1, -0.05) is 13.8 Å². The highest BCUT2D eigenvalue weighted by molar-refractivity contribution is 7.88. The summed E-state index contributed by atoms with van der Waals surface area (Å²) in [5.41, 5.74) is 0. The van der Waals surface area contributed by atoms with Crippen LogP contribution in [0.25, 0.3) is 0 Å². The monoisotopic (exact) mass is 293 g/mol. The molecule has 1 N–H and O–H groups in total. The third kappa shape index (κ3) is 9.86. The van der Waals surface area contributed by atoms with Gasteiger partial charge in [-0.05, 0) is 20.0 Å². The number of carbonyl (C=O) groups excluding carboxylic acids is 1. The zero-order valence-electron chi connectivity index (χ0n) is 12.6. The molecule has 0 heterocycles. The fourth-order valence-electron chi connectivity index (χ4n) is 1.53.